The minimum atomic E-state index is -4.73. The van der Waals surface area contributed by atoms with Crippen molar-refractivity contribution in [3.8, 4) is 11.1 Å². The SMILES string of the molecule is O=C1N(c2noc3cc(F)c(F)c(-c4c(F)cc(F)cc4F)c23)CC[C@H]2N1C[C@@H](NS(=O)(=O)CF)C2(F)F. The van der Waals surface area contributed by atoms with Gasteiger partial charge in [0.15, 0.2) is 23.0 Å². The fourth-order valence-electron chi connectivity index (χ4n) is 4.74. The monoisotopic (exact) mass is 570 g/mol. The summed E-state index contributed by atoms with van der Waals surface area (Å²) in [5, 5.41) is 2.95. The Bertz CT molecular complexity index is 1560. The number of fused-ring (bicyclic) bond motifs is 2. The number of hydrogen-bond donors (Lipinski definition) is 1. The summed E-state index contributed by atoms with van der Waals surface area (Å²) in [4.78, 5) is 14.5. The van der Waals surface area contributed by atoms with Crippen LogP contribution in [0.3, 0.4) is 0 Å². The van der Waals surface area contributed by atoms with Crippen LogP contribution in [0.4, 0.5) is 45.7 Å². The Hall–Kier alpha value is -3.47. The lowest BCUT2D eigenvalue weighted by Gasteiger charge is -2.37. The number of carbonyl (C=O) groups excluding carboxylic acids is 1. The van der Waals surface area contributed by atoms with Crippen LogP contribution in [0.15, 0.2) is 22.7 Å². The first-order chi connectivity index (χ1) is 17.8. The quantitative estimate of drug-likeness (QED) is 0.467. The van der Waals surface area contributed by atoms with Gasteiger partial charge in [-0.1, -0.05) is 5.16 Å². The predicted molar refractivity (Wildman–Crippen MR) is 114 cm³/mol. The van der Waals surface area contributed by atoms with Crippen molar-refractivity contribution in [2.75, 3.05) is 24.0 Å². The molecule has 0 bridgehead atoms. The number of aromatic nitrogens is 1. The molecule has 2 aromatic carbocycles. The number of benzene rings is 2. The van der Waals surface area contributed by atoms with E-state index in [2.05, 4.69) is 5.16 Å². The summed E-state index contributed by atoms with van der Waals surface area (Å²) < 4.78 is 144. The highest BCUT2D eigenvalue weighted by Gasteiger charge is 2.61. The standard InChI is InChI=1S/C21H14F8N4O4S/c22-7-38(35,36)31-13-6-33-14(21(13,28)29)1-2-32(20(33)34)19-16-12(37-30-19)5-11(26)18(27)17(16)15-9(24)3-8(23)4-10(15)25/h3-5,13-14,31H,1-2,6-7H2/t13-,14-/m1/s1. The van der Waals surface area contributed by atoms with E-state index in [1.54, 1.807) is 0 Å². The summed E-state index contributed by atoms with van der Waals surface area (Å²) in [7, 11) is -4.73. The minimum Gasteiger partial charge on any atom is -0.354 e. The molecule has 8 nitrogen and oxygen atoms in total. The van der Waals surface area contributed by atoms with Crippen LogP contribution in [-0.2, 0) is 10.0 Å². The van der Waals surface area contributed by atoms with Crippen LogP contribution in [0.1, 0.15) is 6.42 Å². The van der Waals surface area contributed by atoms with Crippen molar-refractivity contribution in [3.63, 3.8) is 0 Å². The van der Waals surface area contributed by atoms with Gasteiger partial charge >= 0.3 is 6.03 Å². The van der Waals surface area contributed by atoms with Gasteiger partial charge in [0.2, 0.25) is 16.0 Å². The molecule has 1 aromatic heterocycles. The van der Waals surface area contributed by atoms with Gasteiger partial charge < -0.3 is 9.42 Å². The second kappa shape index (κ2) is 8.79. The van der Waals surface area contributed by atoms with Gasteiger partial charge in [-0.15, -0.1) is 0 Å². The zero-order chi connectivity index (χ0) is 27.7. The molecule has 2 aliphatic rings. The van der Waals surface area contributed by atoms with Gasteiger partial charge in [0.1, 0.15) is 29.5 Å². The Morgan fingerprint density at radius 1 is 1.05 bits per heavy atom. The van der Waals surface area contributed by atoms with E-state index in [0.29, 0.717) is 15.9 Å². The number of nitrogens with one attached hydrogen (secondary N) is 1. The summed E-state index contributed by atoms with van der Waals surface area (Å²) >= 11 is 0. The third kappa shape index (κ3) is 3.95. The average Bonchev–Trinajstić information content (AvgIpc) is 3.34. The highest BCUT2D eigenvalue weighted by molar-refractivity contribution is 7.89. The van der Waals surface area contributed by atoms with Crippen molar-refractivity contribution in [1.29, 1.82) is 0 Å². The maximum atomic E-state index is 15.0. The van der Waals surface area contributed by atoms with Crippen molar-refractivity contribution in [2.45, 2.75) is 24.4 Å². The molecule has 2 atom stereocenters. The maximum absolute atomic E-state index is 15.0. The summed E-state index contributed by atoms with van der Waals surface area (Å²) in [6.45, 7) is -1.42. The molecule has 3 heterocycles. The minimum absolute atomic E-state index is 0.212. The first-order valence-electron chi connectivity index (χ1n) is 10.7. The summed E-state index contributed by atoms with van der Waals surface area (Å²) in [6, 6.07) is -6.27. The summed E-state index contributed by atoms with van der Waals surface area (Å²) in [5.41, 5.74) is -2.87. The number of sulfonamides is 1. The highest BCUT2D eigenvalue weighted by atomic mass is 32.2. The Balaban J connectivity index is 1.61. The van der Waals surface area contributed by atoms with Crippen molar-refractivity contribution in [1.82, 2.24) is 14.8 Å². The van der Waals surface area contributed by atoms with Crippen molar-refractivity contribution >= 4 is 32.8 Å². The maximum Gasteiger partial charge on any atom is 0.326 e. The van der Waals surface area contributed by atoms with E-state index in [4.69, 9.17) is 4.52 Å². The molecular formula is C21H14F8N4O4S. The molecule has 3 aromatic rings. The molecule has 5 rings (SSSR count). The Labute approximate surface area is 207 Å². The molecule has 38 heavy (non-hydrogen) atoms. The normalized spacial score (nSPS) is 21.4. The largest absolute Gasteiger partial charge is 0.354 e. The van der Waals surface area contributed by atoms with Gasteiger partial charge in [-0.2, -0.15) is 0 Å². The van der Waals surface area contributed by atoms with Gasteiger partial charge in [-0.05, 0) is 6.42 Å². The van der Waals surface area contributed by atoms with Gasteiger partial charge in [0, 0.05) is 36.9 Å². The van der Waals surface area contributed by atoms with E-state index in [1.165, 1.54) is 4.72 Å². The fourth-order valence-corrected chi connectivity index (χ4v) is 5.47. The van der Waals surface area contributed by atoms with Crippen molar-refractivity contribution < 1.29 is 52.9 Å². The van der Waals surface area contributed by atoms with E-state index in [1.807, 2.05) is 0 Å². The number of halogens is 8. The topological polar surface area (TPSA) is 95.8 Å². The molecule has 2 amide bonds. The average molecular weight is 570 g/mol. The van der Waals surface area contributed by atoms with E-state index < -0.39 is 117 Å². The zero-order valence-electron chi connectivity index (χ0n) is 18.6. The lowest BCUT2D eigenvalue weighted by molar-refractivity contribution is -0.0449. The zero-order valence-corrected chi connectivity index (χ0v) is 19.4. The van der Waals surface area contributed by atoms with E-state index in [0.717, 1.165) is 0 Å². The number of alkyl halides is 3. The molecule has 0 spiro atoms. The van der Waals surface area contributed by atoms with Gasteiger partial charge in [0.05, 0.1) is 10.9 Å². The number of rotatable bonds is 5. The van der Waals surface area contributed by atoms with Crippen molar-refractivity contribution in [3.05, 3.63) is 47.3 Å². The van der Waals surface area contributed by atoms with Crippen LogP contribution in [0, 0.1) is 29.1 Å². The van der Waals surface area contributed by atoms with Crippen LogP contribution < -0.4 is 9.62 Å². The van der Waals surface area contributed by atoms with E-state index in [9.17, 15) is 48.3 Å². The lowest BCUT2D eigenvalue weighted by atomic mass is 9.98. The third-order valence-corrected chi connectivity index (χ3v) is 7.31. The third-order valence-electron chi connectivity index (χ3n) is 6.38. The van der Waals surface area contributed by atoms with Gasteiger partial charge in [0.25, 0.3) is 5.92 Å². The Morgan fingerprint density at radius 2 is 1.71 bits per heavy atom. The first kappa shape index (κ1) is 26.1. The number of carbonyl (C=O) groups is 1. The molecule has 1 N–H and O–H groups in total. The molecule has 0 radical (unpaired) electrons. The van der Waals surface area contributed by atoms with Crippen LogP contribution in [0.5, 0.6) is 0 Å². The van der Waals surface area contributed by atoms with Crippen molar-refractivity contribution in [2.24, 2.45) is 0 Å². The molecule has 0 unspecified atom stereocenters. The van der Waals surface area contributed by atoms with Crippen LogP contribution in [0.25, 0.3) is 22.1 Å². The molecule has 17 heteroatoms. The number of amides is 2. The Kier molecular flexibility index (Phi) is 6.05. The number of nitrogens with zero attached hydrogens (tertiary/aromatic N) is 3. The highest BCUT2D eigenvalue weighted by Crippen LogP contribution is 2.44. The molecular weight excluding hydrogens is 556 g/mol. The second-order valence-electron chi connectivity index (χ2n) is 8.63. The molecule has 0 aliphatic carbocycles. The van der Waals surface area contributed by atoms with Crippen LogP contribution in [-0.4, -0.2) is 61.6 Å². The lowest BCUT2D eigenvalue weighted by Crippen LogP contribution is -2.56. The Morgan fingerprint density at radius 3 is 2.34 bits per heavy atom. The number of anilines is 1. The summed E-state index contributed by atoms with van der Waals surface area (Å²) in [5.74, 6) is -12.4. The van der Waals surface area contributed by atoms with Crippen LogP contribution >= 0.6 is 0 Å². The molecule has 204 valence electrons. The molecule has 0 saturated carbocycles. The molecule has 2 saturated heterocycles. The summed E-state index contributed by atoms with van der Waals surface area (Å²) in [6.07, 6.45) is -0.501. The first-order valence-corrected chi connectivity index (χ1v) is 12.4. The number of urea groups is 1. The van der Waals surface area contributed by atoms with Crippen LogP contribution in [0.2, 0.25) is 0 Å². The fraction of sp³-hybridized carbons (Fsp3) is 0.333. The number of hydrogen-bond acceptors (Lipinski definition) is 5. The second-order valence-corrected chi connectivity index (χ2v) is 10.3. The van der Waals surface area contributed by atoms with Gasteiger partial charge in [-0.3, -0.25) is 4.90 Å². The molecule has 2 aliphatic heterocycles. The van der Waals surface area contributed by atoms with E-state index >= 15 is 0 Å². The smallest absolute Gasteiger partial charge is 0.326 e. The molecule has 2 fully saturated rings. The van der Waals surface area contributed by atoms with Gasteiger partial charge in [-0.25, -0.2) is 53.1 Å². The van der Waals surface area contributed by atoms with E-state index in [-0.39, 0.29) is 12.1 Å². The predicted octanol–water partition coefficient (Wildman–Crippen LogP) is 4.05.